The van der Waals surface area contributed by atoms with Crippen molar-refractivity contribution in [2.45, 2.75) is 6.92 Å². The molecule has 3 nitrogen and oxygen atoms in total. The predicted octanol–water partition coefficient (Wildman–Crippen LogP) is 3.85. The Kier molecular flexibility index (Phi) is 3.85. The normalized spacial score (nSPS) is 10.3. The van der Waals surface area contributed by atoms with E-state index in [0.717, 1.165) is 0 Å². The van der Waals surface area contributed by atoms with Crippen molar-refractivity contribution in [3.05, 3.63) is 57.8 Å². The molecule has 98 valence electrons. The summed E-state index contributed by atoms with van der Waals surface area (Å²) in [6.45, 7) is 1.74. The Morgan fingerprint density at radius 3 is 2.68 bits per heavy atom. The molecular weight excluding hydrogens is 313 g/mol. The van der Waals surface area contributed by atoms with E-state index in [-0.39, 0.29) is 11.3 Å². The van der Waals surface area contributed by atoms with E-state index < -0.39 is 11.7 Å². The van der Waals surface area contributed by atoms with E-state index >= 15 is 0 Å². The fourth-order valence-corrected chi connectivity index (χ4v) is 2.01. The molecule has 0 unspecified atom stereocenters. The van der Waals surface area contributed by atoms with Crippen molar-refractivity contribution in [3.8, 4) is 5.75 Å². The summed E-state index contributed by atoms with van der Waals surface area (Å²) < 4.78 is 14.2. The van der Waals surface area contributed by atoms with E-state index in [0.29, 0.717) is 15.7 Å². The Labute approximate surface area is 118 Å². The average Bonchev–Trinajstić information content (AvgIpc) is 2.35. The molecule has 19 heavy (non-hydrogen) atoms. The van der Waals surface area contributed by atoms with Gasteiger partial charge in [0.25, 0.3) is 5.91 Å². The first-order valence-electron chi connectivity index (χ1n) is 5.53. The van der Waals surface area contributed by atoms with Gasteiger partial charge >= 0.3 is 0 Å². The van der Waals surface area contributed by atoms with Crippen molar-refractivity contribution in [2.24, 2.45) is 0 Å². The number of phenols is 1. The quantitative estimate of drug-likeness (QED) is 0.824. The van der Waals surface area contributed by atoms with Crippen LogP contribution >= 0.6 is 15.9 Å². The van der Waals surface area contributed by atoms with Crippen LogP contribution in [0.1, 0.15) is 15.9 Å². The Balaban J connectivity index is 2.28. The van der Waals surface area contributed by atoms with Gasteiger partial charge in [0.15, 0.2) is 0 Å². The predicted molar refractivity (Wildman–Crippen MR) is 74.9 cm³/mol. The number of carbonyl (C=O) groups is 1. The number of halogens is 2. The molecule has 0 heterocycles. The van der Waals surface area contributed by atoms with Crippen LogP contribution < -0.4 is 5.32 Å². The molecule has 0 bridgehead atoms. The van der Waals surface area contributed by atoms with Crippen molar-refractivity contribution in [2.75, 3.05) is 5.32 Å². The zero-order valence-electron chi connectivity index (χ0n) is 10.1. The van der Waals surface area contributed by atoms with Gasteiger partial charge in [-0.05, 0) is 48.9 Å². The van der Waals surface area contributed by atoms with Gasteiger partial charge in [0.1, 0.15) is 11.6 Å². The summed E-state index contributed by atoms with van der Waals surface area (Å²) in [5, 5.41) is 11.9. The van der Waals surface area contributed by atoms with E-state index in [1.807, 2.05) is 0 Å². The highest BCUT2D eigenvalue weighted by Gasteiger charge is 2.13. The summed E-state index contributed by atoms with van der Waals surface area (Å²) >= 11 is 3.19. The highest BCUT2D eigenvalue weighted by Crippen LogP contribution is 2.22. The minimum absolute atomic E-state index is 0.0400. The summed E-state index contributed by atoms with van der Waals surface area (Å²) in [5.74, 6) is -1.01. The number of hydrogen-bond donors (Lipinski definition) is 2. The molecule has 0 saturated carbocycles. The van der Waals surface area contributed by atoms with Crippen molar-refractivity contribution in [1.82, 2.24) is 0 Å². The van der Waals surface area contributed by atoms with Crippen LogP contribution in [0.3, 0.4) is 0 Å². The number of anilines is 1. The summed E-state index contributed by atoms with van der Waals surface area (Å²) in [7, 11) is 0. The van der Waals surface area contributed by atoms with Crippen LogP contribution in [0.15, 0.2) is 40.9 Å². The minimum atomic E-state index is -0.586. The average molecular weight is 324 g/mol. The second-order valence-electron chi connectivity index (χ2n) is 4.08. The van der Waals surface area contributed by atoms with Crippen molar-refractivity contribution in [3.63, 3.8) is 0 Å². The third kappa shape index (κ3) is 3.12. The van der Waals surface area contributed by atoms with E-state index in [4.69, 9.17) is 0 Å². The van der Waals surface area contributed by atoms with Gasteiger partial charge in [-0.3, -0.25) is 4.79 Å². The lowest BCUT2D eigenvalue weighted by molar-refractivity contribution is 0.102. The lowest BCUT2D eigenvalue weighted by Crippen LogP contribution is -2.14. The molecule has 1 amide bonds. The van der Waals surface area contributed by atoms with E-state index in [9.17, 15) is 14.3 Å². The van der Waals surface area contributed by atoms with Gasteiger partial charge in [0, 0.05) is 10.2 Å². The first-order chi connectivity index (χ1) is 8.97. The number of benzene rings is 2. The monoisotopic (exact) mass is 323 g/mol. The number of amides is 1. The molecule has 2 rings (SSSR count). The zero-order valence-corrected chi connectivity index (χ0v) is 11.7. The summed E-state index contributed by atoms with van der Waals surface area (Å²) in [5.41, 5.74) is 1.19. The van der Waals surface area contributed by atoms with Crippen LogP contribution in [0.4, 0.5) is 10.1 Å². The van der Waals surface area contributed by atoms with Gasteiger partial charge < -0.3 is 10.4 Å². The maximum atomic E-state index is 13.6. The number of rotatable bonds is 2. The Morgan fingerprint density at radius 2 is 2.00 bits per heavy atom. The lowest BCUT2D eigenvalue weighted by Gasteiger charge is -2.09. The fourth-order valence-electron chi connectivity index (χ4n) is 1.65. The van der Waals surface area contributed by atoms with Crippen LogP contribution in [-0.2, 0) is 0 Å². The molecule has 0 spiro atoms. The number of carbonyl (C=O) groups excluding carboxylic acids is 1. The van der Waals surface area contributed by atoms with Crippen LogP contribution in [0.25, 0.3) is 0 Å². The molecule has 0 aliphatic rings. The van der Waals surface area contributed by atoms with Crippen molar-refractivity contribution >= 4 is 27.5 Å². The van der Waals surface area contributed by atoms with Gasteiger partial charge in [-0.25, -0.2) is 4.39 Å². The number of hydrogen-bond acceptors (Lipinski definition) is 2. The SMILES string of the molecule is Cc1cc(O)ccc1NC(=O)c1cc(Br)ccc1F. The van der Waals surface area contributed by atoms with E-state index in [1.54, 1.807) is 13.0 Å². The molecule has 0 saturated heterocycles. The third-order valence-electron chi connectivity index (χ3n) is 2.63. The Hall–Kier alpha value is -1.88. The maximum absolute atomic E-state index is 13.6. The van der Waals surface area contributed by atoms with Crippen molar-refractivity contribution in [1.29, 1.82) is 0 Å². The molecular formula is C14H11BrFNO2. The Bertz CT molecular complexity index is 643. The topological polar surface area (TPSA) is 49.3 Å². The molecule has 0 aromatic heterocycles. The molecule has 5 heteroatoms. The van der Waals surface area contributed by atoms with Crippen LogP contribution in [0.5, 0.6) is 5.75 Å². The lowest BCUT2D eigenvalue weighted by atomic mass is 10.1. The molecule has 0 radical (unpaired) electrons. The van der Waals surface area contributed by atoms with Crippen molar-refractivity contribution < 1.29 is 14.3 Å². The smallest absolute Gasteiger partial charge is 0.258 e. The molecule has 0 fully saturated rings. The standard InChI is InChI=1S/C14H11BrFNO2/c1-8-6-10(18)3-5-13(8)17-14(19)11-7-9(15)2-4-12(11)16/h2-7,18H,1H3,(H,17,19). The highest BCUT2D eigenvalue weighted by molar-refractivity contribution is 9.10. The number of aromatic hydroxyl groups is 1. The maximum Gasteiger partial charge on any atom is 0.258 e. The minimum Gasteiger partial charge on any atom is -0.508 e. The molecule has 2 aromatic rings. The second kappa shape index (κ2) is 5.40. The number of aryl methyl sites for hydroxylation is 1. The van der Waals surface area contributed by atoms with E-state index in [1.165, 1.54) is 30.3 Å². The van der Waals surface area contributed by atoms with Gasteiger partial charge in [-0.2, -0.15) is 0 Å². The summed E-state index contributed by atoms with van der Waals surface area (Å²) in [6.07, 6.45) is 0. The van der Waals surface area contributed by atoms with Gasteiger partial charge in [-0.1, -0.05) is 15.9 Å². The van der Waals surface area contributed by atoms with Gasteiger partial charge in [-0.15, -0.1) is 0 Å². The molecule has 2 N–H and O–H groups in total. The molecule has 0 atom stereocenters. The number of phenolic OH excluding ortho intramolecular Hbond substituents is 1. The van der Waals surface area contributed by atoms with Crippen LogP contribution in [-0.4, -0.2) is 11.0 Å². The van der Waals surface area contributed by atoms with Crippen LogP contribution in [0, 0.1) is 12.7 Å². The highest BCUT2D eigenvalue weighted by atomic mass is 79.9. The molecule has 2 aromatic carbocycles. The van der Waals surface area contributed by atoms with Gasteiger partial charge in [0.2, 0.25) is 0 Å². The largest absolute Gasteiger partial charge is 0.508 e. The second-order valence-corrected chi connectivity index (χ2v) is 4.99. The first kappa shape index (κ1) is 13.5. The molecule has 0 aliphatic heterocycles. The first-order valence-corrected chi connectivity index (χ1v) is 6.32. The Morgan fingerprint density at radius 1 is 1.26 bits per heavy atom. The third-order valence-corrected chi connectivity index (χ3v) is 3.12. The fraction of sp³-hybridized carbons (Fsp3) is 0.0714. The molecule has 0 aliphatic carbocycles. The van der Waals surface area contributed by atoms with Crippen LogP contribution in [0.2, 0.25) is 0 Å². The summed E-state index contributed by atoms with van der Waals surface area (Å²) in [6, 6.07) is 8.71. The van der Waals surface area contributed by atoms with E-state index in [2.05, 4.69) is 21.2 Å². The summed E-state index contributed by atoms with van der Waals surface area (Å²) in [4.78, 5) is 12.0. The number of nitrogens with one attached hydrogen (secondary N) is 1. The zero-order chi connectivity index (χ0) is 14.0. The van der Waals surface area contributed by atoms with Gasteiger partial charge in [0.05, 0.1) is 5.56 Å².